The van der Waals surface area contributed by atoms with Crippen molar-refractivity contribution in [2.75, 3.05) is 11.9 Å². The fourth-order valence-electron chi connectivity index (χ4n) is 4.21. The number of pyridine rings is 1. The fourth-order valence-corrected chi connectivity index (χ4v) is 4.21. The molecule has 4 rings (SSSR count). The van der Waals surface area contributed by atoms with E-state index in [2.05, 4.69) is 23.3 Å². The number of aromatic nitrogens is 1. The molecule has 28 heavy (non-hydrogen) atoms. The molecule has 0 spiro atoms. The van der Waals surface area contributed by atoms with Gasteiger partial charge in [0.1, 0.15) is 6.61 Å². The zero-order chi connectivity index (χ0) is 19.8. The van der Waals surface area contributed by atoms with Crippen LogP contribution in [0.5, 0.6) is 0 Å². The number of amides is 2. The summed E-state index contributed by atoms with van der Waals surface area (Å²) >= 11 is 0. The molecule has 1 aromatic heterocycles. The summed E-state index contributed by atoms with van der Waals surface area (Å²) in [6.07, 6.45) is 5.81. The van der Waals surface area contributed by atoms with Crippen molar-refractivity contribution in [3.63, 3.8) is 0 Å². The number of cyclic esters (lactones) is 1. The predicted octanol–water partition coefficient (Wildman–Crippen LogP) is 3.98. The van der Waals surface area contributed by atoms with E-state index in [1.807, 2.05) is 31.5 Å². The van der Waals surface area contributed by atoms with E-state index >= 15 is 0 Å². The zero-order valence-electron chi connectivity index (χ0n) is 16.5. The molecule has 146 valence electrons. The number of nitrogens with one attached hydrogen (secondary N) is 1. The Bertz CT molecular complexity index is 941. The largest absolute Gasteiger partial charge is 0.444 e. The van der Waals surface area contributed by atoms with E-state index in [-0.39, 0.29) is 24.6 Å². The number of carbonyl (C=O) groups excluding carboxylic acids is 2. The second-order valence-electron chi connectivity index (χ2n) is 7.73. The van der Waals surface area contributed by atoms with Crippen LogP contribution in [0.4, 0.5) is 10.5 Å². The SMILES string of the molecule is CCC(=O)NC1CC(C)Cc2c(-c3ccc4c(c3)COC(=O)N4C)cncc21. The molecular formula is C22H25N3O3. The van der Waals surface area contributed by atoms with Gasteiger partial charge in [0.25, 0.3) is 0 Å². The van der Waals surface area contributed by atoms with E-state index in [4.69, 9.17) is 4.74 Å². The number of fused-ring (bicyclic) bond motifs is 2. The number of carbonyl (C=O) groups is 2. The quantitative estimate of drug-likeness (QED) is 0.875. The molecular weight excluding hydrogens is 354 g/mol. The molecule has 2 aliphatic rings. The summed E-state index contributed by atoms with van der Waals surface area (Å²) in [6.45, 7) is 4.37. The van der Waals surface area contributed by atoms with Crippen molar-refractivity contribution in [1.29, 1.82) is 0 Å². The Morgan fingerprint density at radius 2 is 2.18 bits per heavy atom. The van der Waals surface area contributed by atoms with Crippen molar-refractivity contribution in [3.8, 4) is 11.1 Å². The molecule has 1 aliphatic heterocycles. The number of hydrogen-bond donors (Lipinski definition) is 1. The van der Waals surface area contributed by atoms with Gasteiger partial charge in [-0.25, -0.2) is 4.79 Å². The van der Waals surface area contributed by atoms with Crippen molar-refractivity contribution in [2.24, 2.45) is 5.92 Å². The average molecular weight is 379 g/mol. The Labute approximate surface area is 164 Å². The van der Waals surface area contributed by atoms with E-state index in [9.17, 15) is 9.59 Å². The summed E-state index contributed by atoms with van der Waals surface area (Å²) in [5.41, 5.74) is 6.36. The maximum atomic E-state index is 12.0. The van der Waals surface area contributed by atoms with E-state index in [1.165, 1.54) is 10.5 Å². The molecule has 2 heterocycles. The first-order valence-corrected chi connectivity index (χ1v) is 9.77. The molecule has 0 saturated carbocycles. The second kappa shape index (κ2) is 7.26. The Morgan fingerprint density at radius 3 is 2.96 bits per heavy atom. The van der Waals surface area contributed by atoms with Crippen molar-refractivity contribution >= 4 is 17.7 Å². The minimum absolute atomic E-state index is 0.00312. The summed E-state index contributed by atoms with van der Waals surface area (Å²) in [5, 5.41) is 3.15. The molecule has 6 nitrogen and oxygen atoms in total. The average Bonchev–Trinajstić information content (AvgIpc) is 2.70. The standard InChI is InChI=1S/C22H25N3O3/c1-4-21(26)24-19-8-13(2)7-16-17(10-23-11-18(16)19)14-5-6-20-15(9-14)12-28-22(27)25(20)3/h5-6,9-11,13,19H,4,7-8,12H2,1-3H3,(H,24,26). The first kappa shape index (κ1) is 18.5. The van der Waals surface area contributed by atoms with Crippen LogP contribution in [0, 0.1) is 5.92 Å². The van der Waals surface area contributed by atoms with Gasteiger partial charge in [-0.1, -0.05) is 19.9 Å². The maximum absolute atomic E-state index is 12.0. The summed E-state index contributed by atoms with van der Waals surface area (Å²) in [4.78, 5) is 29.7. The van der Waals surface area contributed by atoms with Crippen molar-refractivity contribution in [2.45, 2.75) is 45.8 Å². The van der Waals surface area contributed by atoms with Gasteiger partial charge >= 0.3 is 6.09 Å². The number of benzene rings is 1. The summed E-state index contributed by atoms with van der Waals surface area (Å²) in [7, 11) is 1.72. The maximum Gasteiger partial charge on any atom is 0.414 e. The third kappa shape index (κ3) is 3.23. The molecule has 2 atom stereocenters. The molecule has 1 aliphatic carbocycles. The van der Waals surface area contributed by atoms with Gasteiger partial charge in [-0.05, 0) is 47.6 Å². The molecule has 2 unspecified atom stereocenters. The lowest BCUT2D eigenvalue weighted by atomic mass is 9.79. The van der Waals surface area contributed by atoms with Crippen LogP contribution in [0.3, 0.4) is 0 Å². The van der Waals surface area contributed by atoms with E-state index in [1.54, 1.807) is 7.05 Å². The van der Waals surface area contributed by atoms with Crippen LogP contribution in [-0.2, 0) is 22.6 Å². The lowest BCUT2D eigenvalue weighted by molar-refractivity contribution is -0.121. The number of rotatable bonds is 3. The molecule has 1 aromatic carbocycles. The van der Waals surface area contributed by atoms with E-state index < -0.39 is 0 Å². The lowest BCUT2D eigenvalue weighted by Crippen LogP contribution is -2.33. The molecule has 2 aromatic rings. The smallest absolute Gasteiger partial charge is 0.414 e. The Morgan fingerprint density at radius 1 is 1.36 bits per heavy atom. The summed E-state index contributed by atoms with van der Waals surface area (Å²) in [5.74, 6) is 0.537. The van der Waals surface area contributed by atoms with Crippen LogP contribution in [0.25, 0.3) is 11.1 Å². The van der Waals surface area contributed by atoms with Gasteiger partial charge in [-0.15, -0.1) is 0 Å². The van der Waals surface area contributed by atoms with E-state index in [0.717, 1.165) is 40.8 Å². The molecule has 2 amide bonds. The Balaban J connectivity index is 1.75. The monoisotopic (exact) mass is 379 g/mol. The van der Waals surface area contributed by atoms with Crippen molar-refractivity contribution < 1.29 is 14.3 Å². The highest BCUT2D eigenvalue weighted by molar-refractivity contribution is 5.90. The lowest BCUT2D eigenvalue weighted by Gasteiger charge is -2.32. The number of anilines is 1. The number of nitrogens with zero attached hydrogens (tertiary/aromatic N) is 2. The first-order valence-electron chi connectivity index (χ1n) is 9.77. The molecule has 0 saturated heterocycles. The zero-order valence-corrected chi connectivity index (χ0v) is 16.5. The minimum Gasteiger partial charge on any atom is -0.444 e. The molecule has 1 N–H and O–H groups in total. The summed E-state index contributed by atoms with van der Waals surface area (Å²) in [6, 6.07) is 6.08. The van der Waals surface area contributed by atoms with Gasteiger partial charge in [-0.2, -0.15) is 0 Å². The normalized spacial score (nSPS) is 20.8. The van der Waals surface area contributed by atoms with Crippen LogP contribution >= 0.6 is 0 Å². The second-order valence-corrected chi connectivity index (χ2v) is 7.73. The Hall–Kier alpha value is -2.89. The van der Waals surface area contributed by atoms with Crippen molar-refractivity contribution in [1.82, 2.24) is 10.3 Å². The number of hydrogen-bond acceptors (Lipinski definition) is 4. The van der Waals surface area contributed by atoms with Gasteiger partial charge in [0.15, 0.2) is 0 Å². The third-order valence-corrected chi connectivity index (χ3v) is 5.69. The van der Waals surface area contributed by atoms with E-state index in [0.29, 0.717) is 12.3 Å². The van der Waals surface area contributed by atoms with Crippen LogP contribution in [0.15, 0.2) is 30.6 Å². The van der Waals surface area contributed by atoms with Gasteiger partial charge in [0.2, 0.25) is 5.91 Å². The topological polar surface area (TPSA) is 71.5 Å². The van der Waals surface area contributed by atoms with Gasteiger partial charge in [0.05, 0.1) is 11.7 Å². The van der Waals surface area contributed by atoms with Gasteiger partial charge in [-0.3, -0.25) is 14.7 Å². The minimum atomic E-state index is -0.331. The Kier molecular flexibility index (Phi) is 4.79. The van der Waals surface area contributed by atoms with Gasteiger partial charge in [0, 0.05) is 37.0 Å². The molecule has 0 fully saturated rings. The molecule has 0 bridgehead atoms. The van der Waals surface area contributed by atoms with Gasteiger partial charge < -0.3 is 10.1 Å². The van der Waals surface area contributed by atoms with Crippen LogP contribution < -0.4 is 10.2 Å². The fraction of sp³-hybridized carbons (Fsp3) is 0.409. The van der Waals surface area contributed by atoms with Crippen LogP contribution in [0.1, 0.15) is 49.4 Å². The van der Waals surface area contributed by atoms with Crippen LogP contribution in [-0.4, -0.2) is 24.0 Å². The summed E-state index contributed by atoms with van der Waals surface area (Å²) < 4.78 is 5.23. The van der Waals surface area contributed by atoms with Crippen LogP contribution in [0.2, 0.25) is 0 Å². The highest BCUT2D eigenvalue weighted by Gasteiger charge is 2.29. The highest BCUT2D eigenvalue weighted by Crippen LogP contribution is 2.39. The van der Waals surface area contributed by atoms with Crippen molar-refractivity contribution in [3.05, 3.63) is 47.3 Å². The molecule has 6 heteroatoms. The third-order valence-electron chi connectivity index (χ3n) is 5.69. The molecule has 0 radical (unpaired) electrons. The first-order chi connectivity index (χ1) is 13.5. The predicted molar refractivity (Wildman–Crippen MR) is 107 cm³/mol. The highest BCUT2D eigenvalue weighted by atomic mass is 16.6. The number of ether oxygens (including phenoxy) is 1.